The van der Waals surface area contributed by atoms with Gasteiger partial charge in [0.2, 0.25) is 0 Å². The molecule has 0 aliphatic heterocycles. The van der Waals surface area contributed by atoms with Gasteiger partial charge < -0.3 is 16.2 Å². The lowest BCUT2D eigenvalue weighted by atomic mass is 10.1. The molecule has 4 heteroatoms. The molecule has 1 rings (SSSR count). The van der Waals surface area contributed by atoms with Crippen LogP contribution >= 0.6 is 11.6 Å². The molecule has 72 valence electrons. The van der Waals surface area contributed by atoms with Crippen molar-refractivity contribution in [3.8, 4) is 5.75 Å². The first-order valence-electron chi connectivity index (χ1n) is 3.91. The summed E-state index contributed by atoms with van der Waals surface area (Å²) < 4.78 is 5.05. The minimum absolute atomic E-state index is 0.497. The van der Waals surface area contributed by atoms with Gasteiger partial charge in [-0.15, -0.1) is 0 Å². The van der Waals surface area contributed by atoms with Crippen molar-refractivity contribution < 1.29 is 4.74 Å². The average molecular weight is 201 g/mol. The van der Waals surface area contributed by atoms with Crippen LogP contribution in [0.4, 0.5) is 0 Å². The number of rotatable bonds is 2. The van der Waals surface area contributed by atoms with Gasteiger partial charge in [-0.1, -0.05) is 11.6 Å². The molecule has 0 radical (unpaired) electrons. The molecule has 0 aliphatic rings. The topological polar surface area (TPSA) is 61.3 Å². The fraction of sp³-hybridized carbons (Fsp3) is 0.333. The second kappa shape index (κ2) is 3.96. The van der Waals surface area contributed by atoms with E-state index in [-0.39, 0.29) is 0 Å². The highest BCUT2D eigenvalue weighted by Crippen LogP contribution is 2.28. The van der Waals surface area contributed by atoms with Crippen LogP contribution < -0.4 is 16.2 Å². The van der Waals surface area contributed by atoms with E-state index in [1.54, 1.807) is 13.2 Å². The second-order valence-electron chi connectivity index (χ2n) is 2.87. The van der Waals surface area contributed by atoms with Gasteiger partial charge in [0.25, 0.3) is 0 Å². The van der Waals surface area contributed by atoms with Crippen LogP contribution in [0.1, 0.15) is 17.3 Å². The van der Waals surface area contributed by atoms with Gasteiger partial charge in [0.15, 0.2) is 0 Å². The Labute approximate surface area is 82.6 Å². The van der Waals surface area contributed by atoms with Gasteiger partial charge in [-0.25, -0.2) is 0 Å². The van der Waals surface area contributed by atoms with Crippen LogP contribution in [0.3, 0.4) is 0 Å². The Morgan fingerprint density at radius 3 is 2.46 bits per heavy atom. The van der Waals surface area contributed by atoms with Crippen LogP contribution in [0.25, 0.3) is 0 Å². The Morgan fingerprint density at radius 1 is 1.38 bits per heavy atom. The summed E-state index contributed by atoms with van der Waals surface area (Å²) in [6, 6.07) is 3.56. The number of methoxy groups -OCH3 is 1. The second-order valence-corrected chi connectivity index (χ2v) is 3.28. The minimum atomic E-state index is -0.497. The van der Waals surface area contributed by atoms with E-state index in [1.807, 2.05) is 13.0 Å². The third kappa shape index (κ3) is 2.12. The van der Waals surface area contributed by atoms with Gasteiger partial charge >= 0.3 is 0 Å². The Morgan fingerprint density at radius 2 is 2.00 bits per heavy atom. The molecule has 0 amide bonds. The zero-order valence-corrected chi connectivity index (χ0v) is 8.43. The van der Waals surface area contributed by atoms with E-state index in [2.05, 4.69) is 0 Å². The van der Waals surface area contributed by atoms with Gasteiger partial charge in [0.05, 0.1) is 18.3 Å². The molecule has 1 aromatic carbocycles. The van der Waals surface area contributed by atoms with Crippen molar-refractivity contribution in [3.63, 3.8) is 0 Å². The number of hydrogen-bond donors (Lipinski definition) is 2. The maximum atomic E-state index is 5.91. The summed E-state index contributed by atoms with van der Waals surface area (Å²) in [6.45, 7) is 1.92. The molecule has 3 nitrogen and oxygen atoms in total. The van der Waals surface area contributed by atoms with Crippen LogP contribution in [-0.4, -0.2) is 7.11 Å². The largest absolute Gasteiger partial charge is 0.495 e. The molecule has 0 bridgehead atoms. The molecule has 4 N–H and O–H groups in total. The summed E-state index contributed by atoms with van der Waals surface area (Å²) in [6.07, 6.45) is -0.497. The Kier molecular flexibility index (Phi) is 3.14. The zero-order chi connectivity index (χ0) is 10.0. The SMILES string of the molecule is COc1cc(C)c(C(N)N)cc1Cl. The van der Waals surface area contributed by atoms with Gasteiger partial charge in [0, 0.05) is 0 Å². The van der Waals surface area contributed by atoms with Crippen LogP contribution in [-0.2, 0) is 0 Å². The third-order valence-electron chi connectivity index (χ3n) is 1.90. The molecular formula is C9H13ClN2O. The first-order chi connectivity index (χ1) is 6.06. The molecule has 0 atom stereocenters. The highest BCUT2D eigenvalue weighted by Gasteiger charge is 2.08. The summed E-state index contributed by atoms with van der Waals surface area (Å²) in [7, 11) is 1.57. The first kappa shape index (κ1) is 10.3. The van der Waals surface area contributed by atoms with Crippen LogP contribution in [0.15, 0.2) is 12.1 Å². The van der Waals surface area contributed by atoms with E-state index in [9.17, 15) is 0 Å². The maximum absolute atomic E-state index is 5.91. The number of hydrogen-bond acceptors (Lipinski definition) is 3. The maximum Gasteiger partial charge on any atom is 0.137 e. The molecule has 0 spiro atoms. The van der Waals surface area contributed by atoms with E-state index in [1.165, 1.54) is 0 Å². The summed E-state index contributed by atoms with van der Waals surface area (Å²) in [5.41, 5.74) is 12.9. The molecule has 0 fully saturated rings. The lowest BCUT2D eigenvalue weighted by Gasteiger charge is -2.12. The first-order valence-corrected chi connectivity index (χ1v) is 4.29. The van der Waals surface area contributed by atoms with Crippen molar-refractivity contribution in [2.24, 2.45) is 11.5 Å². The number of benzene rings is 1. The lowest BCUT2D eigenvalue weighted by Crippen LogP contribution is -2.21. The molecule has 1 aromatic rings. The summed E-state index contributed by atoms with van der Waals surface area (Å²) in [5.74, 6) is 0.642. The minimum Gasteiger partial charge on any atom is -0.495 e. The molecule has 0 saturated heterocycles. The van der Waals surface area contributed by atoms with E-state index in [0.29, 0.717) is 10.8 Å². The number of aryl methyl sites for hydroxylation is 1. The fourth-order valence-corrected chi connectivity index (χ4v) is 1.44. The van der Waals surface area contributed by atoms with Gasteiger partial charge in [-0.3, -0.25) is 0 Å². The molecule has 0 aromatic heterocycles. The van der Waals surface area contributed by atoms with Gasteiger partial charge in [-0.2, -0.15) is 0 Å². The Hall–Kier alpha value is -0.770. The monoisotopic (exact) mass is 200 g/mol. The van der Waals surface area contributed by atoms with Crippen molar-refractivity contribution in [1.29, 1.82) is 0 Å². The summed E-state index contributed by atoms with van der Waals surface area (Å²) in [4.78, 5) is 0. The van der Waals surface area contributed by atoms with E-state index >= 15 is 0 Å². The van der Waals surface area contributed by atoms with Crippen LogP contribution in [0.2, 0.25) is 5.02 Å². The molecular weight excluding hydrogens is 188 g/mol. The van der Waals surface area contributed by atoms with E-state index < -0.39 is 6.17 Å². The van der Waals surface area contributed by atoms with Gasteiger partial charge in [0.1, 0.15) is 5.75 Å². The normalized spacial score (nSPS) is 10.6. The smallest absolute Gasteiger partial charge is 0.137 e. The van der Waals surface area contributed by atoms with Crippen molar-refractivity contribution in [2.75, 3.05) is 7.11 Å². The summed E-state index contributed by atoms with van der Waals surface area (Å²) in [5, 5.41) is 0.531. The van der Waals surface area contributed by atoms with Crippen LogP contribution in [0.5, 0.6) is 5.75 Å². The number of ether oxygens (including phenoxy) is 1. The Balaban J connectivity index is 3.20. The quantitative estimate of drug-likeness (QED) is 0.713. The average Bonchev–Trinajstić information content (AvgIpc) is 2.07. The number of halogens is 1. The highest BCUT2D eigenvalue weighted by molar-refractivity contribution is 6.32. The molecule has 0 heterocycles. The van der Waals surface area contributed by atoms with Gasteiger partial charge in [-0.05, 0) is 30.2 Å². The standard InChI is InChI=1S/C9H13ClN2O/c1-5-3-8(13-2)7(10)4-6(5)9(11)12/h3-4,9H,11-12H2,1-2H3. The molecule has 0 unspecified atom stereocenters. The molecule has 0 aliphatic carbocycles. The predicted octanol–water partition coefficient (Wildman–Crippen LogP) is 1.57. The predicted molar refractivity (Wildman–Crippen MR) is 53.9 cm³/mol. The van der Waals surface area contributed by atoms with E-state index in [4.69, 9.17) is 27.8 Å². The summed E-state index contributed by atoms with van der Waals surface area (Å²) >= 11 is 5.91. The lowest BCUT2D eigenvalue weighted by molar-refractivity contribution is 0.414. The zero-order valence-electron chi connectivity index (χ0n) is 7.67. The van der Waals surface area contributed by atoms with Crippen molar-refractivity contribution in [2.45, 2.75) is 13.1 Å². The highest BCUT2D eigenvalue weighted by atomic mass is 35.5. The van der Waals surface area contributed by atoms with Crippen molar-refractivity contribution in [3.05, 3.63) is 28.3 Å². The van der Waals surface area contributed by atoms with E-state index in [0.717, 1.165) is 11.1 Å². The van der Waals surface area contributed by atoms with Crippen LogP contribution in [0, 0.1) is 6.92 Å². The van der Waals surface area contributed by atoms with Crippen molar-refractivity contribution >= 4 is 11.6 Å². The van der Waals surface area contributed by atoms with Crippen molar-refractivity contribution in [1.82, 2.24) is 0 Å². The molecule has 0 saturated carbocycles. The Bertz CT molecular complexity index is 313. The fourth-order valence-electron chi connectivity index (χ4n) is 1.19. The number of nitrogens with two attached hydrogens (primary N) is 2. The molecule has 13 heavy (non-hydrogen) atoms. The third-order valence-corrected chi connectivity index (χ3v) is 2.19.